The highest BCUT2D eigenvalue weighted by Gasteiger charge is 2.12. The number of hydrogen-bond acceptors (Lipinski definition) is 3. The van der Waals surface area contributed by atoms with Gasteiger partial charge in [-0.2, -0.15) is 0 Å². The Hall–Kier alpha value is -1.42. The van der Waals surface area contributed by atoms with Crippen LogP contribution in [0.3, 0.4) is 0 Å². The van der Waals surface area contributed by atoms with Crippen LogP contribution in [-0.2, 0) is 0 Å². The van der Waals surface area contributed by atoms with E-state index >= 15 is 0 Å². The topological polar surface area (TPSA) is 42.2 Å². The molecule has 0 radical (unpaired) electrons. The number of aryl methyl sites for hydroxylation is 1. The molecule has 0 saturated heterocycles. The molecule has 2 heterocycles. The zero-order valence-corrected chi connectivity index (χ0v) is 10.1. The molecule has 4 nitrogen and oxygen atoms in total. The number of nitrogens with one attached hydrogen (secondary N) is 1. The van der Waals surface area contributed by atoms with E-state index in [0.717, 1.165) is 24.6 Å². The van der Waals surface area contributed by atoms with Crippen LogP contribution in [0.15, 0.2) is 18.3 Å². The molecule has 2 rings (SSSR count). The minimum Gasteiger partial charge on any atom is -0.316 e. The first kappa shape index (κ1) is 11.1. The summed E-state index contributed by atoms with van der Waals surface area (Å²) in [5.41, 5.74) is 2.14. The molecule has 0 aliphatic heterocycles. The van der Waals surface area contributed by atoms with Crippen molar-refractivity contribution >= 4 is 5.65 Å². The fraction of sp³-hybridized carbons (Fsp3) is 0.500. The molecule has 1 N–H and O–H groups in total. The standard InChI is InChI=1S/C12H18N4/c1-4-13-8-10(3)12-15-14-11-7-9(2)5-6-16(11)12/h5-7,10,13H,4,8H2,1-3H3. The van der Waals surface area contributed by atoms with E-state index in [9.17, 15) is 0 Å². The molecular weight excluding hydrogens is 200 g/mol. The highest BCUT2D eigenvalue weighted by Crippen LogP contribution is 2.14. The first-order valence-corrected chi connectivity index (χ1v) is 5.74. The molecule has 1 unspecified atom stereocenters. The molecule has 0 aliphatic carbocycles. The largest absolute Gasteiger partial charge is 0.316 e. The Balaban J connectivity index is 2.31. The summed E-state index contributed by atoms with van der Waals surface area (Å²) in [5, 5.41) is 11.8. The van der Waals surface area contributed by atoms with Crippen molar-refractivity contribution in [1.29, 1.82) is 0 Å². The molecule has 0 bridgehead atoms. The summed E-state index contributed by atoms with van der Waals surface area (Å²) in [6.45, 7) is 8.26. The van der Waals surface area contributed by atoms with Crippen molar-refractivity contribution in [2.75, 3.05) is 13.1 Å². The molecule has 1 atom stereocenters. The summed E-state index contributed by atoms with van der Waals surface area (Å²) < 4.78 is 2.06. The summed E-state index contributed by atoms with van der Waals surface area (Å²) in [5.74, 6) is 1.40. The van der Waals surface area contributed by atoms with Gasteiger partial charge < -0.3 is 5.32 Å². The van der Waals surface area contributed by atoms with Gasteiger partial charge in [-0.25, -0.2) is 0 Å². The van der Waals surface area contributed by atoms with Gasteiger partial charge >= 0.3 is 0 Å². The van der Waals surface area contributed by atoms with E-state index in [0.29, 0.717) is 5.92 Å². The number of likely N-dealkylation sites (N-methyl/N-ethyl adjacent to an activating group) is 1. The average molecular weight is 218 g/mol. The Bertz CT molecular complexity index is 475. The summed E-state index contributed by atoms with van der Waals surface area (Å²) in [6.07, 6.45) is 2.04. The summed E-state index contributed by atoms with van der Waals surface area (Å²) in [4.78, 5) is 0. The van der Waals surface area contributed by atoms with E-state index in [4.69, 9.17) is 0 Å². The van der Waals surface area contributed by atoms with E-state index in [2.05, 4.69) is 52.8 Å². The van der Waals surface area contributed by atoms with Crippen LogP contribution in [0.5, 0.6) is 0 Å². The Morgan fingerprint density at radius 1 is 1.44 bits per heavy atom. The second-order valence-electron chi connectivity index (χ2n) is 4.20. The minimum atomic E-state index is 0.373. The van der Waals surface area contributed by atoms with Gasteiger partial charge in [-0.3, -0.25) is 4.40 Å². The number of nitrogens with zero attached hydrogens (tertiary/aromatic N) is 3. The van der Waals surface area contributed by atoms with Crippen molar-refractivity contribution in [2.24, 2.45) is 0 Å². The van der Waals surface area contributed by atoms with Gasteiger partial charge in [0.15, 0.2) is 5.65 Å². The number of hydrogen-bond donors (Lipinski definition) is 1. The first-order valence-electron chi connectivity index (χ1n) is 5.74. The lowest BCUT2D eigenvalue weighted by Crippen LogP contribution is -2.20. The molecule has 0 spiro atoms. The lowest BCUT2D eigenvalue weighted by molar-refractivity contribution is 0.603. The van der Waals surface area contributed by atoms with Gasteiger partial charge in [-0.15, -0.1) is 10.2 Å². The highest BCUT2D eigenvalue weighted by atomic mass is 15.2. The van der Waals surface area contributed by atoms with Gasteiger partial charge in [-0.05, 0) is 31.2 Å². The fourth-order valence-corrected chi connectivity index (χ4v) is 1.80. The van der Waals surface area contributed by atoms with Gasteiger partial charge in [0.05, 0.1) is 0 Å². The Morgan fingerprint density at radius 3 is 3.00 bits per heavy atom. The van der Waals surface area contributed by atoms with Crippen molar-refractivity contribution in [3.05, 3.63) is 29.7 Å². The van der Waals surface area contributed by atoms with Gasteiger partial charge in [0.25, 0.3) is 0 Å². The Morgan fingerprint density at radius 2 is 2.25 bits per heavy atom. The van der Waals surface area contributed by atoms with E-state index in [-0.39, 0.29) is 0 Å². The summed E-state index contributed by atoms with van der Waals surface area (Å²) in [6, 6.07) is 4.14. The SMILES string of the molecule is CCNCC(C)c1nnc2cc(C)ccn12. The van der Waals surface area contributed by atoms with Crippen LogP contribution in [0.25, 0.3) is 5.65 Å². The van der Waals surface area contributed by atoms with Crippen LogP contribution in [0.2, 0.25) is 0 Å². The number of fused-ring (bicyclic) bond motifs is 1. The fourth-order valence-electron chi connectivity index (χ4n) is 1.80. The molecule has 16 heavy (non-hydrogen) atoms. The lowest BCUT2D eigenvalue weighted by atomic mass is 10.1. The van der Waals surface area contributed by atoms with Crippen LogP contribution in [0.1, 0.15) is 31.2 Å². The molecule has 0 saturated carbocycles. The highest BCUT2D eigenvalue weighted by molar-refractivity contribution is 5.41. The third-order valence-corrected chi connectivity index (χ3v) is 2.73. The third-order valence-electron chi connectivity index (χ3n) is 2.73. The predicted octanol–water partition coefficient (Wildman–Crippen LogP) is 1.75. The van der Waals surface area contributed by atoms with Crippen LogP contribution in [-0.4, -0.2) is 27.7 Å². The van der Waals surface area contributed by atoms with Gasteiger partial charge in [-0.1, -0.05) is 13.8 Å². The number of rotatable bonds is 4. The smallest absolute Gasteiger partial charge is 0.161 e. The Kier molecular flexibility index (Phi) is 3.19. The molecule has 86 valence electrons. The molecule has 0 aliphatic rings. The van der Waals surface area contributed by atoms with Gasteiger partial charge in [0.2, 0.25) is 0 Å². The molecule has 0 amide bonds. The van der Waals surface area contributed by atoms with Crippen molar-refractivity contribution in [2.45, 2.75) is 26.7 Å². The molecule has 2 aromatic rings. The predicted molar refractivity (Wildman–Crippen MR) is 64.7 cm³/mol. The third kappa shape index (κ3) is 2.07. The van der Waals surface area contributed by atoms with E-state index < -0.39 is 0 Å². The summed E-state index contributed by atoms with van der Waals surface area (Å²) >= 11 is 0. The van der Waals surface area contributed by atoms with Crippen molar-refractivity contribution < 1.29 is 0 Å². The zero-order valence-electron chi connectivity index (χ0n) is 10.1. The maximum absolute atomic E-state index is 4.26. The zero-order chi connectivity index (χ0) is 11.5. The van der Waals surface area contributed by atoms with Gasteiger partial charge in [0, 0.05) is 18.7 Å². The lowest BCUT2D eigenvalue weighted by Gasteiger charge is -2.09. The molecule has 0 aromatic carbocycles. The second kappa shape index (κ2) is 4.61. The van der Waals surface area contributed by atoms with Crippen molar-refractivity contribution in [3.63, 3.8) is 0 Å². The number of aromatic nitrogens is 3. The first-order chi connectivity index (χ1) is 7.72. The van der Waals surface area contributed by atoms with E-state index in [1.165, 1.54) is 5.56 Å². The van der Waals surface area contributed by atoms with Crippen molar-refractivity contribution in [3.8, 4) is 0 Å². The normalized spacial score (nSPS) is 13.2. The van der Waals surface area contributed by atoms with E-state index in [1.807, 2.05) is 6.20 Å². The second-order valence-corrected chi connectivity index (χ2v) is 4.20. The van der Waals surface area contributed by atoms with E-state index in [1.54, 1.807) is 0 Å². The average Bonchev–Trinajstić information content (AvgIpc) is 2.68. The molecule has 2 aromatic heterocycles. The number of pyridine rings is 1. The monoisotopic (exact) mass is 218 g/mol. The Labute approximate surface area is 95.7 Å². The van der Waals surface area contributed by atoms with Crippen LogP contribution in [0, 0.1) is 6.92 Å². The maximum atomic E-state index is 4.26. The van der Waals surface area contributed by atoms with Crippen molar-refractivity contribution in [1.82, 2.24) is 19.9 Å². The van der Waals surface area contributed by atoms with Crippen LogP contribution >= 0.6 is 0 Å². The van der Waals surface area contributed by atoms with Gasteiger partial charge in [0.1, 0.15) is 5.82 Å². The minimum absolute atomic E-state index is 0.373. The van der Waals surface area contributed by atoms with Crippen LogP contribution in [0.4, 0.5) is 0 Å². The molecular formula is C12H18N4. The quantitative estimate of drug-likeness (QED) is 0.850. The maximum Gasteiger partial charge on any atom is 0.161 e. The molecule has 4 heteroatoms. The van der Waals surface area contributed by atoms with Crippen LogP contribution < -0.4 is 5.32 Å². The summed E-state index contributed by atoms with van der Waals surface area (Å²) in [7, 11) is 0. The molecule has 0 fully saturated rings.